The number of carboxylic acid groups (broad SMARTS) is 1. The number of carboxylic acids is 1. The second-order valence-corrected chi connectivity index (χ2v) is 20.9. The molecule has 1 aliphatic carbocycles. The van der Waals surface area contributed by atoms with Crippen LogP contribution in [0.5, 0.6) is 0 Å². The van der Waals surface area contributed by atoms with Gasteiger partial charge in [0.05, 0.1) is 31.2 Å². The minimum absolute atomic E-state index is 0.00674. The van der Waals surface area contributed by atoms with Gasteiger partial charge in [0.2, 0.25) is 5.79 Å². The highest BCUT2D eigenvalue weighted by Crippen LogP contribution is 2.38. The molecule has 1 saturated carbocycles. The molecule has 15 atom stereocenters. The Morgan fingerprint density at radius 1 is 0.847 bits per heavy atom. The van der Waals surface area contributed by atoms with Gasteiger partial charge in [0.15, 0.2) is 5.78 Å². The van der Waals surface area contributed by atoms with Crippen molar-refractivity contribution in [3.8, 4) is 0 Å². The van der Waals surface area contributed by atoms with E-state index in [-0.39, 0.29) is 55.6 Å². The molecule has 0 radical (unpaired) electrons. The van der Waals surface area contributed by atoms with Crippen molar-refractivity contribution in [3.63, 3.8) is 0 Å². The summed E-state index contributed by atoms with van der Waals surface area (Å²) in [6.07, 6.45) is 9.31. The topological polar surface area (TPSA) is 239 Å². The number of nitrogens with zero attached hydrogens (tertiary/aromatic N) is 1. The molecule has 3 heterocycles. The summed E-state index contributed by atoms with van der Waals surface area (Å²) in [5.41, 5.74) is 1.21. The first-order valence-electron chi connectivity index (χ1n) is 25.9. The van der Waals surface area contributed by atoms with Gasteiger partial charge in [-0.05, 0) is 107 Å². The van der Waals surface area contributed by atoms with Gasteiger partial charge in [-0.1, -0.05) is 71.1 Å². The molecule has 0 unspecified atom stereocenters. The van der Waals surface area contributed by atoms with Crippen molar-refractivity contribution in [2.24, 2.45) is 35.5 Å². The molecule has 0 aromatic rings. The van der Waals surface area contributed by atoms with Crippen molar-refractivity contribution in [2.45, 2.75) is 193 Å². The smallest absolute Gasteiger partial charge is 0.329 e. The van der Waals surface area contributed by atoms with Crippen LogP contribution >= 0.6 is 0 Å². The maximum atomic E-state index is 14.5. The third-order valence-electron chi connectivity index (χ3n) is 15.3. The Balaban J connectivity index is 1.68. The Bertz CT molecular complexity index is 2010. The summed E-state index contributed by atoms with van der Waals surface area (Å²) in [5.74, 6) is -10.3. The first-order chi connectivity index (χ1) is 34.0. The van der Waals surface area contributed by atoms with Crippen LogP contribution in [0.25, 0.3) is 0 Å². The molecule has 404 valence electrons. The van der Waals surface area contributed by atoms with E-state index in [1.807, 2.05) is 51.2 Å². The largest absolute Gasteiger partial charge is 0.481 e. The van der Waals surface area contributed by atoms with E-state index in [0.717, 1.165) is 10.5 Å². The maximum Gasteiger partial charge on any atom is 0.329 e. The van der Waals surface area contributed by atoms with Gasteiger partial charge in [0.25, 0.3) is 11.7 Å². The number of piperidine rings is 1. The molecular weight excluding hydrogens is 931 g/mol. The Hall–Kier alpha value is -4.39. The molecule has 3 N–H and O–H groups in total. The van der Waals surface area contributed by atoms with Crippen LogP contribution in [-0.2, 0) is 62.0 Å². The van der Waals surface area contributed by atoms with Crippen LogP contribution in [-0.4, -0.2) is 144 Å². The molecule has 3 aliphatic heterocycles. The van der Waals surface area contributed by atoms with Crippen molar-refractivity contribution in [1.82, 2.24) is 4.90 Å². The summed E-state index contributed by atoms with van der Waals surface area (Å²) in [6, 6.07) is -1.20. The number of rotatable bonds is 10. The van der Waals surface area contributed by atoms with Crippen LogP contribution in [0, 0.1) is 35.5 Å². The molecule has 0 aromatic heterocycles. The number of aliphatic hydroxyl groups is 2. The number of ether oxygens (including phenoxy) is 6. The SMILES string of the molecule is CO[C@H]1C[C@@H]2CC[C@@H](C)[C@@](O)(O2)C(=O)C(=O)N2CCCC[C@H]2C(=O)O[C@H]([C@H](C)C[C@@H]2CC[C@@H](OC(=O)CCC(=O)O)[C@H](OC)C2)CC(=O)[C@H](C)/C=C(\C)[C@@H](O)[C@@H](OC)C(=O)[C@H](C)C[C@H](C)/C=C/C=CC=C1C. The van der Waals surface area contributed by atoms with Crippen LogP contribution in [0.3, 0.4) is 0 Å². The minimum Gasteiger partial charge on any atom is -0.481 e. The first-order valence-corrected chi connectivity index (χ1v) is 25.9. The lowest BCUT2D eigenvalue weighted by molar-refractivity contribution is -0.265. The number of Topliss-reactive ketones (excluding diaryl/α,β-unsaturated/α-hetero) is 3. The Kier molecular flexibility index (Phi) is 23.7. The molecule has 72 heavy (non-hydrogen) atoms. The summed E-state index contributed by atoms with van der Waals surface area (Å²) < 4.78 is 35.2. The van der Waals surface area contributed by atoms with E-state index in [4.69, 9.17) is 33.5 Å². The summed E-state index contributed by atoms with van der Waals surface area (Å²) in [4.78, 5) is 95.8. The van der Waals surface area contributed by atoms with Crippen LogP contribution in [0.15, 0.2) is 47.6 Å². The molecule has 4 aliphatic rings. The fraction of sp³-hybridized carbons (Fsp3) is 0.727. The van der Waals surface area contributed by atoms with Crippen molar-refractivity contribution in [1.29, 1.82) is 0 Å². The van der Waals surface area contributed by atoms with Gasteiger partial charge in [-0.3, -0.25) is 28.8 Å². The monoisotopic (exact) mass is 1010 g/mol. The van der Waals surface area contributed by atoms with E-state index in [0.29, 0.717) is 69.8 Å². The fourth-order valence-electron chi connectivity index (χ4n) is 10.7. The Morgan fingerprint density at radius 3 is 2.24 bits per heavy atom. The fourth-order valence-corrected chi connectivity index (χ4v) is 10.7. The van der Waals surface area contributed by atoms with Gasteiger partial charge in [-0.25, -0.2) is 4.79 Å². The zero-order chi connectivity index (χ0) is 53.4. The van der Waals surface area contributed by atoms with Gasteiger partial charge in [0.1, 0.15) is 36.2 Å². The Morgan fingerprint density at radius 2 is 1.57 bits per heavy atom. The molecule has 2 saturated heterocycles. The zero-order valence-corrected chi connectivity index (χ0v) is 44.2. The van der Waals surface area contributed by atoms with E-state index in [1.54, 1.807) is 40.9 Å². The highest BCUT2D eigenvalue weighted by atomic mass is 16.6. The quantitative estimate of drug-likeness (QED) is 0.119. The molecular formula is C55H83NO16. The van der Waals surface area contributed by atoms with Gasteiger partial charge in [-0.15, -0.1) is 0 Å². The van der Waals surface area contributed by atoms with E-state index in [9.17, 15) is 43.8 Å². The molecule has 4 rings (SSSR count). The van der Waals surface area contributed by atoms with Gasteiger partial charge in [-0.2, -0.15) is 0 Å². The molecule has 1 amide bonds. The predicted octanol–water partition coefficient (Wildman–Crippen LogP) is 6.60. The Labute approximate surface area is 426 Å². The summed E-state index contributed by atoms with van der Waals surface area (Å²) in [6.45, 7) is 12.5. The van der Waals surface area contributed by atoms with E-state index >= 15 is 0 Å². The number of hydrogen-bond donors (Lipinski definition) is 3. The van der Waals surface area contributed by atoms with Crippen molar-refractivity contribution < 1.29 is 77.3 Å². The zero-order valence-electron chi connectivity index (χ0n) is 44.2. The third kappa shape index (κ3) is 16.6. The molecule has 3 fully saturated rings. The van der Waals surface area contributed by atoms with Crippen LogP contribution in [0.1, 0.15) is 138 Å². The normalized spacial score (nSPS) is 36.3. The standard InChI is InChI=1S/C55H83NO16/c1-32-16-12-11-13-17-33(2)44(67-8)30-40-21-19-38(7)55(66,72-40)52(63)53(64)56-25-15-14-18-41(56)54(65)71-45(31-42(57)34(3)27-37(6)50(62)51(69-10)49(61)36(5)26-32)35(4)28-39-20-22-43(46(29-39)68-9)70-48(60)24-23-47(58)59/h11-13,16-17,27,32,34-36,38-41,43-46,50-51,62,66H,14-15,18-26,28-31H2,1-10H3,(H,58,59)/b13-11?,16-12+,33-17?,37-27+/t32-,34-,35-,36-,38-,39+,40+,41+,43-,44+,45+,46-,50-,51+,55-/m1/s1. The third-order valence-corrected chi connectivity index (χ3v) is 15.3. The molecule has 17 heteroatoms. The van der Waals surface area contributed by atoms with Crippen LogP contribution < -0.4 is 0 Å². The number of carbonyl (C=O) groups excluding carboxylic acids is 6. The van der Waals surface area contributed by atoms with Crippen molar-refractivity contribution in [2.75, 3.05) is 27.9 Å². The number of methoxy groups -OCH3 is 3. The second-order valence-electron chi connectivity index (χ2n) is 20.9. The number of aliphatic carboxylic acids is 1. The van der Waals surface area contributed by atoms with E-state index in [1.165, 1.54) is 14.2 Å². The maximum absolute atomic E-state index is 14.5. The highest BCUT2D eigenvalue weighted by Gasteiger charge is 2.53. The number of cyclic esters (lactones) is 1. The van der Waals surface area contributed by atoms with Gasteiger partial charge in [0, 0.05) is 58.5 Å². The van der Waals surface area contributed by atoms with Gasteiger partial charge >= 0.3 is 17.9 Å². The summed E-state index contributed by atoms with van der Waals surface area (Å²) in [7, 11) is 4.43. The number of hydrogen-bond acceptors (Lipinski definition) is 15. The van der Waals surface area contributed by atoms with E-state index in [2.05, 4.69) is 0 Å². The summed E-state index contributed by atoms with van der Waals surface area (Å²) in [5, 5.41) is 32.5. The number of amides is 1. The number of carbonyl (C=O) groups is 7. The predicted molar refractivity (Wildman–Crippen MR) is 266 cm³/mol. The number of allylic oxidation sites excluding steroid dienone is 6. The number of aliphatic hydroxyl groups excluding tert-OH is 1. The van der Waals surface area contributed by atoms with E-state index < -0.39 is 108 Å². The average Bonchev–Trinajstić information content (AvgIpc) is 3.35. The van der Waals surface area contributed by atoms with Gasteiger partial charge < -0.3 is 48.6 Å². The first kappa shape index (κ1) is 60.2. The van der Waals surface area contributed by atoms with Crippen molar-refractivity contribution >= 4 is 41.2 Å². The number of fused-ring (bicyclic) bond motifs is 3. The minimum atomic E-state index is -2.47. The lowest BCUT2D eigenvalue weighted by Gasteiger charge is -2.42. The molecule has 0 aromatic carbocycles. The van der Waals surface area contributed by atoms with Crippen LogP contribution in [0.2, 0.25) is 0 Å². The number of ketones is 3. The molecule has 0 spiro atoms. The second kappa shape index (κ2) is 28.3. The highest BCUT2D eigenvalue weighted by molar-refractivity contribution is 6.39. The molecule has 2 bridgehead atoms. The average molecular weight is 1010 g/mol. The van der Waals surface area contributed by atoms with Crippen LogP contribution in [0.4, 0.5) is 0 Å². The lowest BCUT2D eigenvalue weighted by atomic mass is 9.78. The van der Waals surface area contributed by atoms with Crippen molar-refractivity contribution in [3.05, 3.63) is 47.6 Å². The lowest BCUT2D eigenvalue weighted by Crippen LogP contribution is -2.61. The molecule has 17 nitrogen and oxygen atoms in total. The summed E-state index contributed by atoms with van der Waals surface area (Å²) >= 11 is 0. The number of esters is 2.